The molecule has 4 rings (SSSR count). The monoisotopic (exact) mass is 649 g/mol. The average Bonchev–Trinajstić information content (AvgIpc) is 2.98. The summed E-state index contributed by atoms with van der Waals surface area (Å²) in [7, 11) is -4.22. The molecule has 7 nitrogen and oxygen atoms in total. The molecule has 2 amide bonds. The normalized spacial score (nSPS) is 14.7. The fourth-order valence-electron chi connectivity index (χ4n) is 5.20. The van der Waals surface area contributed by atoms with E-state index in [-0.39, 0.29) is 34.1 Å². The van der Waals surface area contributed by atoms with Gasteiger partial charge in [0.1, 0.15) is 12.6 Å². The number of nitrogens with one attached hydrogen (secondary N) is 1. The molecule has 1 fully saturated rings. The summed E-state index contributed by atoms with van der Waals surface area (Å²) in [4.78, 5) is 29.3. The zero-order valence-electron chi connectivity index (χ0n) is 23.3. The SMILES string of the molecule is CC[C@H](C(=O)NC1CCCCC1)N(Cc1c(Cl)cccc1Cl)C(=O)CN(c1ccccc1Cl)S(=O)(=O)c1ccccc1. The van der Waals surface area contributed by atoms with Crippen molar-refractivity contribution in [2.75, 3.05) is 10.8 Å². The molecule has 3 aromatic rings. The largest absolute Gasteiger partial charge is 0.352 e. The fourth-order valence-corrected chi connectivity index (χ4v) is 7.46. The lowest BCUT2D eigenvalue weighted by molar-refractivity contribution is -0.140. The van der Waals surface area contributed by atoms with E-state index < -0.39 is 28.5 Å². The highest BCUT2D eigenvalue weighted by Crippen LogP contribution is 2.32. The van der Waals surface area contributed by atoms with Crippen LogP contribution in [0.3, 0.4) is 0 Å². The Morgan fingerprint density at radius 2 is 1.45 bits per heavy atom. The molecule has 0 unspecified atom stereocenters. The molecule has 1 atom stereocenters. The van der Waals surface area contributed by atoms with Crippen LogP contribution in [-0.4, -0.2) is 43.8 Å². The topological polar surface area (TPSA) is 86.8 Å². The van der Waals surface area contributed by atoms with E-state index in [9.17, 15) is 18.0 Å². The number of amides is 2. The Morgan fingerprint density at radius 3 is 2.07 bits per heavy atom. The molecule has 224 valence electrons. The van der Waals surface area contributed by atoms with Crippen LogP contribution in [0.5, 0.6) is 0 Å². The van der Waals surface area contributed by atoms with E-state index in [2.05, 4.69) is 5.32 Å². The molecule has 0 saturated heterocycles. The summed E-state index contributed by atoms with van der Waals surface area (Å²) < 4.78 is 28.8. The minimum absolute atomic E-state index is 0.000464. The van der Waals surface area contributed by atoms with Crippen molar-refractivity contribution in [3.05, 3.63) is 93.4 Å². The van der Waals surface area contributed by atoms with E-state index in [1.54, 1.807) is 60.7 Å². The molecule has 0 radical (unpaired) electrons. The number of halogens is 3. The van der Waals surface area contributed by atoms with Crippen molar-refractivity contribution in [2.24, 2.45) is 0 Å². The van der Waals surface area contributed by atoms with Gasteiger partial charge in [0.05, 0.1) is 15.6 Å². The molecule has 0 bridgehead atoms. The van der Waals surface area contributed by atoms with Crippen LogP contribution in [-0.2, 0) is 26.2 Å². The van der Waals surface area contributed by atoms with Crippen molar-refractivity contribution in [3.8, 4) is 0 Å². The predicted molar refractivity (Wildman–Crippen MR) is 169 cm³/mol. The molecule has 1 N–H and O–H groups in total. The second kappa shape index (κ2) is 14.6. The minimum atomic E-state index is -4.22. The van der Waals surface area contributed by atoms with Crippen molar-refractivity contribution in [1.29, 1.82) is 0 Å². The number of benzene rings is 3. The first-order valence-corrected chi connectivity index (χ1v) is 16.6. The van der Waals surface area contributed by atoms with E-state index in [0.29, 0.717) is 22.0 Å². The summed E-state index contributed by atoms with van der Waals surface area (Å²) in [6, 6.07) is 18.4. The van der Waals surface area contributed by atoms with Crippen LogP contribution in [0.4, 0.5) is 5.69 Å². The smallest absolute Gasteiger partial charge is 0.264 e. The lowest BCUT2D eigenvalue weighted by Gasteiger charge is -2.35. The highest BCUT2D eigenvalue weighted by atomic mass is 35.5. The zero-order valence-corrected chi connectivity index (χ0v) is 26.4. The van der Waals surface area contributed by atoms with E-state index in [4.69, 9.17) is 34.8 Å². The number of hydrogen-bond acceptors (Lipinski definition) is 4. The standard InChI is InChI=1S/C31H34Cl3N3O4S/c1-2-28(31(39)35-22-12-5-3-6-13-22)36(20-24-25(32)17-11-18-26(24)33)30(38)21-37(29-19-10-9-16-27(29)34)42(40,41)23-14-7-4-8-15-23/h4,7-11,14-19,22,28H,2-3,5-6,12-13,20-21H2,1H3,(H,35,39)/t28-/m1/s1. The summed E-state index contributed by atoms with van der Waals surface area (Å²) in [6.45, 7) is 1.12. The van der Waals surface area contributed by atoms with Crippen molar-refractivity contribution < 1.29 is 18.0 Å². The van der Waals surface area contributed by atoms with Gasteiger partial charge in [-0.1, -0.05) is 97.4 Å². The maximum Gasteiger partial charge on any atom is 0.264 e. The third-order valence-electron chi connectivity index (χ3n) is 7.46. The van der Waals surface area contributed by atoms with Crippen LogP contribution in [0.2, 0.25) is 15.1 Å². The first-order valence-electron chi connectivity index (χ1n) is 14.0. The number of hydrogen-bond donors (Lipinski definition) is 1. The first kappa shape index (κ1) is 32.1. The number of carbonyl (C=O) groups is 2. The van der Waals surface area contributed by atoms with Crippen LogP contribution in [0.15, 0.2) is 77.7 Å². The predicted octanol–water partition coefficient (Wildman–Crippen LogP) is 7.10. The van der Waals surface area contributed by atoms with Gasteiger partial charge in [0.2, 0.25) is 11.8 Å². The molecule has 0 heterocycles. The molecule has 0 aliphatic heterocycles. The number of carbonyl (C=O) groups excluding carboxylic acids is 2. The quantitative estimate of drug-likeness (QED) is 0.240. The van der Waals surface area contributed by atoms with Gasteiger partial charge < -0.3 is 10.2 Å². The Morgan fingerprint density at radius 1 is 0.857 bits per heavy atom. The van der Waals surface area contributed by atoms with Gasteiger partial charge in [-0.15, -0.1) is 0 Å². The molecule has 3 aromatic carbocycles. The van der Waals surface area contributed by atoms with Gasteiger partial charge in [-0.25, -0.2) is 8.42 Å². The van der Waals surface area contributed by atoms with Crippen molar-refractivity contribution in [1.82, 2.24) is 10.2 Å². The zero-order chi connectivity index (χ0) is 30.3. The number of anilines is 1. The Balaban J connectivity index is 1.74. The first-order chi connectivity index (χ1) is 20.1. The number of para-hydroxylation sites is 1. The van der Waals surface area contributed by atoms with Crippen molar-refractivity contribution >= 4 is 62.3 Å². The number of nitrogens with zero attached hydrogens (tertiary/aromatic N) is 2. The summed E-state index contributed by atoms with van der Waals surface area (Å²) in [5, 5.41) is 3.95. The van der Waals surface area contributed by atoms with Crippen molar-refractivity contribution in [3.63, 3.8) is 0 Å². The Kier molecular flexibility index (Phi) is 11.2. The second-order valence-electron chi connectivity index (χ2n) is 10.3. The Labute approximate surface area is 262 Å². The molecule has 1 aliphatic rings. The van der Waals surface area contributed by atoms with E-state index in [1.807, 2.05) is 6.92 Å². The number of rotatable bonds is 11. The molecule has 11 heteroatoms. The highest BCUT2D eigenvalue weighted by molar-refractivity contribution is 7.92. The highest BCUT2D eigenvalue weighted by Gasteiger charge is 2.35. The van der Waals surface area contributed by atoms with Gasteiger partial charge in [-0.05, 0) is 55.7 Å². The molecule has 1 aliphatic carbocycles. The summed E-state index contributed by atoms with van der Waals surface area (Å²) in [6.07, 6.45) is 5.24. The maximum atomic E-state index is 14.3. The summed E-state index contributed by atoms with van der Waals surface area (Å²) >= 11 is 19.4. The minimum Gasteiger partial charge on any atom is -0.352 e. The summed E-state index contributed by atoms with van der Waals surface area (Å²) in [5.41, 5.74) is 0.611. The third kappa shape index (κ3) is 7.59. The molecule has 0 aromatic heterocycles. The molecular formula is C31H34Cl3N3O4S. The summed E-state index contributed by atoms with van der Waals surface area (Å²) in [5.74, 6) is -0.896. The van der Waals surface area contributed by atoms with Crippen LogP contribution in [0, 0.1) is 0 Å². The average molecular weight is 651 g/mol. The second-order valence-corrected chi connectivity index (χ2v) is 13.3. The molecular weight excluding hydrogens is 617 g/mol. The van der Waals surface area contributed by atoms with Gasteiger partial charge >= 0.3 is 0 Å². The van der Waals surface area contributed by atoms with Gasteiger partial charge in [0, 0.05) is 28.2 Å². The lowest BCUT2D eigenvalue weighted by atomic mass is 9.95. The van der Waals surface area contributed by atoms with Crippen LogP contribution in [0.25, 0.3) is 0 Å². The molecule has 1 saturated carbocycles. The molecule has 0 spiro atoms. The van der Waals surface area contributed by atoms with E-state index >= 15 is 0 Å². The van der Waals surface area contributed by atoms with E-state index in [1.165, 1.54) is 17.0 Å². The van der Waals surface area contributed by atoms with Crippen LogP contribution >= 0.6 is 34.8 Å². The van der Waals surface area contributed by atoms with Crippen LogP contribution in [0.1, 0.15) is 51.0 Å². The lowest BCUT2D eigenvalue weighted by Crippen LogP contribution is -2.54. The Hall–Kier alpha value is -2.78. The van der Waals surface area contributed by atoms with E-state index in [0.717, 1.165) is 36.4 Å². The van der Waals surface area contributed by atoms with Gasteiger partial charge in [0.15, 0.2) is 0 Å². The molecule has 42 heavy (non-hydrogen) atoms. The van der Waals surface area contributed by atoms with Gasteiger partial charge in [-0.2, -0.15) is 0 Å². The van der Waals surface area contributed by atoms with Gasteiger partial charge in [0.25, 0.3) is 10.0 Å². The van der Waals surface area contributed by atoms with Gasteiger partial charge in [-0.3, -0.25) is 13.9 Å². The maximum absolute atomic E-state index is 14.3. The fraction of sp³-hybridized carbons (Fsp3) is 0.355. The van der Waals surface area contributed by atoms with Crippen LogP contribution < -0.4 is 9.62 Å². The number of sulfonamides is 1. The third-order valence-corrected chi connectivity index (χ3v) is 10.3. The Bertz CT molecular complexity index is 1480. The van der Waals surface area contributed by atoms with Crippen molar-refractivity contribution in [2.45, 2.75) is 69.0 Å².